The highest BCUT2D eigenvalue weighted by molar-refractivity contribution is 6.01. The molecule has 0 saturated heterocycles. The number of carbonyl (C=O) groups is 1. The molecule has 6 heteroatoms. The van der Waals surface area contributed by atoms with Crippen molar-refractivity contribution in [2.45, 2.75) is 20.8 Å². The van der Waals surface area contributed by atoms with Crippen LogP contribution in [0.15, 0.2) is 28.7 Å². The summed E-state index contributed by atoms with van der Waals surface area (Å²) >= 11 is 0. The average Bonchev–Trinajstić information content (AvgIpc) is 2.35. The van der Waals surface area contributed by atoms with Gasteiger partial charge in [0.25, 0.3) is 5.69 Å². The summed E-state index contributed by atoms with van der Waals surface area (Å²) in [6, 6.07) is 5.53. The zero-order valence-electron chi connectivity index (χ0n) is 11.4. The van der Waals surface area contributed by atoms with E-state index in [-0.39, 0.29) is 22.6 Å². The summed E-state index contributed by atoms with van der Waals surface area (Å²) in [6.07, 6.45) is 0. The van der Waals surface area contributed by atoms with E-state index >= 15 is 0 Å². The highest BCUT2D eigenvalue weighted by atomic mass is 16.6. The maximum absolute atomic E-state index is 12.2. The third-order valence-corrected chi connectivity index (χ3v) is 2.89. The van der Waals surface area contributed by atoms with Crippen LogP contribution in [0.1, 0.15) is 31.1 Å². The molecule has 104 valence electrons. The van der Waals surface area contributed by atoms with Crippen molar-refractivity contribution >= 4 is 22.4 Å². The molecule has 0 spiro atoms. The van der Waals surface area contributed by atoms with Crippen LogP contribution in [0.25, 0.3) is 11.0 Å². The summed E-state index contributed by atoms with van der Waals surface area (Å²) in [7, 11) is 0. The summed E-state index contributed by atoms with van der Waals surface area (Å²) in [5.41, 5.74) is -0.498. The molecule has 20 heavy (non-hydrogen) atoms. The molecule has 2 rings (SSSR count). The zero-order chi connectivity index (χ0) is 15.1. The van der Waals surface area contributed by atoms with Crippen molar-refractivity contribution in [1.82, 2.24) is 0 Å². The molecule has 0 aliphatic heterocycles. The number of non-ortho nitro benzene ring substituents is 1. The molecule has 0 fully saturated rings. The molecule has 0 amide bonds. The van der Waals surface area contributed by atoms with Gasteiger partial charge in [-0.2, -0.15) is 0 Å². The molecule has 0 atom stereocenters. The maximum Gasteiger partial charge on any atom is 0.270 e. The van der Waals surface area contributed by atoms with Gasteiger partial charge in [-0.25, -0.2) is 0 Å². The predicted molar refractivity (Wildman–Crippen MR) is 72.5 cm³/mol. The van der Waals surface area contributed by atoms with Gasteiger partial charge in [-0.05, 0) is 12.1 Å². The van der Waals surface area contributed by atoms with Gasteiger partial charge in [0.2, 0.25) is 5.55 Å². The van der Waals surface area contributed by atoms with Crippen LogP contribution in [0, 0.1) is 20.9 Å². The van der Waals surface area contributed by atoms with Gasteiger partial charge in [0.05, 0.1) is 10.5 Å². The molecule has 2 aromatic rings. The molecule has 1 heterocycles. The van der Waals surface area contributed by atoms with Crippen molar-refractivity contribution in [3.05, 3.63) is 45.5 Å². The summed E-state index contributed by atoms with van der Waals surface area (Å²) < 4.78 is 5.27. The van der Waals surface area contributed by atoms with Crippen LogP contribution >= 0.6 is 0 Å². The topological polar surface area (TPSA) is 97.2 Å². The number of nitro groups is 1. The number of nitrogens with zero attached hydrogens (tertiary/aromatic N) is 1. The number of carbonyl (C=O) groups excluding carboxylic acids is 1. The van der Waals surface area contributed by atoms with Crippen LogP contribution in [0.2, 0.25) is 0 Å². The van der Waals surface area contributed by atoms with E-state index in [2.05, 4.69) is 0 Å². The van der Waals surface area contributed by atoms with E-state index in [9.17, 15) is 14.9 Å². The first-order valence-corrected chi connectivity index (χ1v) is 6.02. The number of Topliss-reactive ketones (excluding diaryl/α,β-unsaturated/α-hetero) is 1. The second kappa shape index (κ2) is 4.56. The lowest BCUT2D eigenvalue weighted by Crippen LogP contribution is -2.26. The molecular weight excluding hydrogens is 260 g/mol. The van der Waals surface area contributed by atoms with E-state index in [0.29, 0.717) is 11.0 Å². The molecule has 0 aliphatic carbocycles. The van der Waals surface area contributed by atoms with E-state index in [1.165, 1.54) is 24.3 Å². The van der Waals surface area contributed by atoms with Crippen LogP contribution in [0.5, 0.6) is 0 Å². The molecule has 0 unspecified atom stereocenters. The second-order valence-electron chi connectivity index (χ2n) is 5.55. The largest absolute Gasteiger partial charge is 0.438 e. The monoisotopic (exact) mass is 274 g/mol. The van der Waals surface area contributed by atoms with Gasteiger partial charge in [0, 0.05) is 22.9 Å². The molecule has 0 bridgehead atoms. The first kappa shape index (κ1) is 13.9. The van der Waals surface area contributed by atoms with E-state index in [1.807, 2.05) is 0 Å². The van der Waals surface area contributed by atoms with Gasteiger partial charge in [0.15, 0.2) is 5.78 Å². The first-order chi connectivity index (χ1) is 9.20. The number of rotatable bonds is 2. The Bertz CT molecular complexity index is 769. The minimum atomic E-state index is -0.653. The fourth-order valence-corrected chi connectivity index (χ4v) is 1.81. The van der Waals surface area contributed by atoms with Crippen LogP contribution in [-0.4, -0.2) is 10.7 Å². The number of ketones is 1. The number of benzene rings is 1. The molecule has 1 N–H and O–H groups in total. The zero-order valence-corrected chi connectivity index (χ0v) is 11.4. The third-order valence-electron chi connectivity index (χ3n) is 2.89. The quantitative estimate of drug-likeness (QED) is 0.517. The molecule has 1 aromatic heterocycles. The maximum atomic E-state index is 12.2. The van der Waals surface area contributed by atoms with Gasteiger partial charge < -0.3 is 4.42 Å². The number of nitrogens with one attached hydrogen (secondary N) is 1. The van der Waals surface area contributed by atoms with Crippen molar-refractivity contribution in [1.29, 1.82) is 5.41 Å². The predicted octanol–water partition coefficient (Wildman–Crippen LogP) is 3.05. The second-order valence-corrected chi connectivity index (χ2v) is 5.55. The Labute approximate surface area is 114 Å². The number of hydrogen-bond acceptors (Lipinski definition) is 5. The summed E-state index contributed by atoms with van der Waals surface area (Å²) in [5.74, 6) is -0.236. The van der Waals surface area contributed by atoms with Crippen molar-refractivity contribution in [2.24, 2.45) is 5.41 Å². The Morgan fingerprint density at radius 2 is 1.95 bits per heavy atom. The molecular formula is C14H14N2O4. The van der Waals surface area contributed by atoms with Crippen LogP contribution in [-0.2, 0) is 0 Å². The van der Waals surface area contributed by atoms with Gasteiger partial charge >= 0.3 is 0 Å². The fourth-order valence-electron chi connectivity index (χ4n) is 1.81. The summed E-state index contributed by atoms with van der Waals surface area (Å²) in [5, 5.41) is 19.0. The lowest BCUT2D eigenvalue weighted by molar-refractivity contribution is -0.384. The normalized spacial score (nSPS) is 11.6. The Kier molecular flexibility index (Phi) is 3.17. The fraction of sp³-hybridized carbons (Fsp3) is 0.286. The summed E-state index contributed by atoms with van der Waals surface area (Å²) in [6.45, 7) is 5.23. The smallest absolute Gasteiger partial charge is 0.270 e. The number of fused-ring (bicyclic) bond motifs is 1. The van der Waals surface area contributed by atoms with Gasteiger partial charge in [-0.3, -0.25) is 20.3 Å². The molecule has 0 saturated carbocycles. The SMILES string of the molecule is CC(C)(C)C(=O)c1cc2cc([N+](=O)[O-])ccc2oc1=N. The summed E-state index contributed by atoms with van der Waals surface area (Å²) in [4.78, 5) is 22.5. The number of hydrogen-bond donors (Lipinski definition) is 1. The van der Waals surface area contributed by atoms with E-state index < -0.39 is 10.3 Å². The van der Waals surface area contributed by atoms with Gasteiger partial charge in [-0.15, -0.1) is 0 Å². The van der Waals surface area contributed by atoms with Crippen LogP contribution in [0.4, 0.5) is 5.69 Å². The van der Waals surface area contributed by atoms with E-state index in [1.54, 1.807) is 20.8 Å². The Morgan fingerprint density at radius 1 is 1.30 bits per heavy atom. The van der Waals surface area contributed by atoms with E-state index in [4.69, 9.17) is 9.83 Å². The highest BCUT2D eigenvalue weighted by Gasteiger charge is 2.25. The van der Waals surface area contributed by atoms with Crippen molar-refractivity contribution in [3.8, 4) is 0 Å². The van der Waals surface area contributed by atoms with Crippen LogP contribution < -0.4 is 5.55 Å². The lowest BCUT2D eigenvalue weighted by Gasteiger charge is -2.16. The Morgan fingerprint density at radius 3 is 2.50 bits per heavy atom. The highest BCUT2D eigenvalue weighted by Crippen LogP contribution is 2.24. The molecule has 0 aliphatic rings. The Hall–Kier alpha value is -2.50. The van der Waals surface area contributed by atoms with Crippen LogP contribution in [0.3, 0.4) is 0 Å². The third kappa shape index (κ3) is 2.45. The van der Waals surface area contributed by atoms with Crippen molar-refractivity contribution in [3.63, 3.8) is 0 Å². The number of nitro benzene ring substituents is 1. The van der Waals surface area contributed by atoms with Crippen molar-refractivity contribution < 1.29 is 14.1 Å². The Balaban J connectivity index is 2.69. The van der Waals surface area contributed by atoms with Gasteiger partial charge in [-0.1, -0.05) is 20.8 Å². The molecule has 0 radical (unpaired) electrons. The lowest BCUT2D eigenvalue weighted by atomic mass is 9.87. The first-order valence-electron chi connectivity index (χ1n) is 6.02. The standard InChI is InChI=1S/C14H14N2O4/c1-14(2,3)12(17)10-7-8-6-9(16(18)19)4-5-11(8)20-13(10)15/h4-7,15H,1-3H3. The van der Waals surface area contributed by atoms with E-state index in [0.717, 1.165) is 0 Å². The minimum absolute atomic E-state index is 0.0837. The molecule has 1 aromatic carbocycles. The van der Waals surface area contributed by atoms with Crippen molar-refractivity contribution in [2.75, 3.05) is 0 Å². The molecule has 6 nitrogen and oxygen atoms in total. The average molecular weight is 274 g/mol. The van der Waals surface area contributed by atoms with Gasteiger partial charge in [0.1, 0.15) is 5.58 Å². The minimum Gasteiger partial charge on any atom is -0.438 e.